The molecular weight excluding hydrogens is 274 g/mol. The number of hydrogen-bond acceptors (Lipinski definition) is 3. The monoisotopic (exact) mass is 303 g/mol. The first-order valence-electron chi connectivity index (χ1n) is 7.94. The van der Waals surface area contributed by atoms with Crippen molar-refractivity contribution in [3.63, 3.8) is 0 Å². The molecular formula is C14H29N3O2S. The number of nitrogens with two attached hydrogens (primary N) is 1. The molecule has 0 atom stereocenters. The fourth-order valence-corrected chi connectivity index (χ4v) is 5.71. The molecule has 0 aromatic carbocycles. The first-order chi connectivity index (χ1) is 9.46. The Morgan fingerprint density at radius 3 is 2.25 bits per heavy atom. The lowest BCUT2D eigenvalue weighted by Crippen LogP contribution is -2.59. The van der Waals surface area contributed by atoms with Crippen molar-refractivity contribution in [2.75, 3.05) is 26.2 Å². The van der Waals surface area contributed by atoms with Gasteiger partial charge in [-0.1, -0.05) is 26.7 Å². The Hall–Kier alpha value is -0.170. The summed E-state index contributed by atoms with van der Waals surface area (Å²) >= 11 is 0. The summed E-state index contributed by atoms with van der Waals surface area (Å²) < 4.78 is 29.3. The molecule has 0 aromatic rings. The average Bonchev–Trinajstić information content (AvgIpc) is 2.89. The normalized spacial score (nSPS) is 25.4. The van der Waals surface area contributed by atoms with Crippen molar-refractivity contribution in [1.82, 2.24) is 8.61 Å². The van der Waals surface area contributed by atoms with Gasteiger partial charge in [-0.05, 0) is 31.6 Å². The molecule has 0 unspecified atom stereocenters. The third-order valence-corrected chi connectivity index (χ3v) is 7.30. The summed E-state index contributed by atoms with van der Waals surface area (Å²) in [4.78, 5) is 0. The van der Waals surface area contributed by atoms with Crippen LogP contribution in [0.4, 0.5) is 0 Å². The second-order valence-electron chi connectivity index (χ2n) is 6.39. The Morgan fingerprint density at radius 1 is 1.25 bits per heavy atom. The highest BCUT2D eigenvalue weighted by Gasteiger charge is 2.46. The summed E-state index contributed by atoms with van der Waals surface area (Å²) in [7, 11) is -3.36. The minimum absolute atomic E-state index is 0.337. The van der Waals surface area contributed by atoms with Crippen LogP contribution in [0.1, 0.15) is 52.4 Å². The van der Waals surface area contributed by atoms with Gasteiger partial charge in [0, 0.05) is 31.7 Å². The first-order valence-corrected chi connectivity index (χ1v) is 9.34. The van der Waals surface area contributed by atoms with Gasteiger partial charge < -0.3 is 5.73 Å². The molecule has 2 fully saturated rings. The molecule has 1 aliphatic carbocycles. The Labute approximate surface area is 123 Å². The van der Waals surface area contributed by atoms with Crippen LogP contribution in [0.5, 0.6) is 0 Å². The van der Waals surface area contributed by atoms with Crippen LogP contribution >= 0.6 is 0 Å². The molecule has 0 radical (unpaired) electrons. The largest absolute Gasteiger partial charge is 0.329 e. The van der Waals surface area contributed by atoms with Crippen molar-refractivity contribution < 1.29 is 8.42 Å². The Bertz CT molecular complexity index is 410. The lowest BCUT2D eigenvalue weighted by molar-refractivity contribution is 0.179. The maximum atomic E-state index is 13.0. The number of rotatable bonds is 5. The van der Waals surface area contributed by atoms with E-state index in [1.807, 2.05) is 6.92 Å². The highest BCUT2D eigenvalue weighted by molar-refractivity contribution is 7.86. The van der Waals surface area contributed by atoms with E-state index in [0.29, 0.717) is 32.1 Å². The van der Waals surface area contributed by atoms with E-state index in [1.165, 1.54) is 0 Å². The fourth-order valence-electron chi connectivity index (χ4n) is 3.69. The van der Waals surface area contributed by atoms with Gasteiger partial charge in [0.05, 0.1) is 0 Å². The minimum atomic E-state index is -3.36. The smallest absolute Gasteiger partial charge is 0.282 e. The highest BCUT2D eigenvalue weighted by atomic mass is 32.2. The van der Waals surface area contributed by atoms with Crippen LogP contribution < -0.4 is 5.73 Å². The van der Waals surface area contributed by atoms with E-state index in [4.69, 9.17) is 5.73 Å². The first kappa shape index (κ1) is 16.2. The fraction of sp³-hybridized carbons (Fsp3) is 1.00. The zero-order valence-electron chi connectivity index (χ0n) is 12.8. The van der Waals surface area contributed by atoms with Gasteiger partial charge in [-0.15, -0.1) is 0 Å². The maximum Gasteiger partial charge on any atom is 0.282 e. The number of hydrogen-bond donors (Lipinski definition) is 1. The molecule has 6 heteroatoms. The molecule has 1 saturated carbocycles. The summed E-state index contributed by atoms with van der Waals surface area (Å²) in [6.07, 6.45) is 5.90. The number of piperidine rings is 1. The van der Waals surface area contributed by atoms with E-state index in [0.717, 1.165) is 38.5 Å². The summed E-state index contributed by atoms with van der Waals surface area (Å²) in [5.41, 5.74) is 5.63. The topological polar surface area (TPSA) is 66.6 Å². The standard InChI is InChI=1S/C14H29N3O2S/c1-3-17(14(12-15)8-4-5-9-14)20(18,19)16-10-6-13(2)7-11-16/h13H,3-12,15H2,1-2H3. The molecule has 1 saturated heterocycles. The van der Waals surface area contributed by atoms with Gasteiger partial charge in [0.2, 0.25) is 0 Å². The summed E-state index contributed by atoms with van der Waals surface area (Å²) in [6.45, 7) is 6.39. The van der Waals surface area contributed by atoms with E-state index in [2.05, 4.69) is 6.92 Å². The van der Waals surface area contributed by atoms with Gasteiger partial charge >= 0.3 is 0 Å². The van der Waals surface area contributed by atoms with E-state index < -0.39 is 10.2 Å². The quantitative estimate of drug-likeness (QED) is 0.838. The zero-order valence-corrected chi connectivity index (χ0v) is 13.7. The molecule has 2 rings (SSSR count). The van der Waals surface area contributed by atoms with E-state index in [9.17, 15) is 8.42 Å². The molecule has 0 amide bonds. The van der Waals surface area contributed by atoms with E-state index in [1.54, 1.807) is 8.61 Å². The van der Waals surface area contributed by atoms with E-state index >= 15 is 0 Å². The third-order valence-electron chi connectivity index (χ3n) is 5.08. The molecule has 2 N–H and O–H groups in total. The zero-order chi connectivity index (χ0) is 14.8. The van der Waals surface area contributed by atoms with Crippen LogP contribution in [0.15, 0.2) is 0 Å². The SMILES string of the molecule is CCN(C1(CN)CCCC1)S(=O)(=O)N1CCC(C)CC1. The minimum Gasteiger partial charge on any atom is -0.329 e. The van der Waals surface area contributed by atoms with Crippen LogP contribution in [0.2, 0.25) is 0 Å². The van der Waals surface area contributed by atoms with Crippen LogP contribution in [0.3, 0.4) is 0 Å². The second-order valence-corrected chi connectivity index (χ2v) is 8.24. The Kier molecular flexibility index (Phi) is 5.10. The van der Waals surface area contributed by atoms with Gasteiger partial charge in [0.15, 0.2) is 0 Å². The molecule has 2 aliphatic rings. The Balaban J connectivity index is 2.21. The summed E-state index contributed by atoms with van der Waals surface area (Å²) in [6, 6.07) is 0. The summed E-state index contributed by atoms with van der Waals surface area (Å²) in [5.74, 6) is 0.631. The van der Waals surface area contributed by atoms with Gasteiger partial charge in [-0.2, -0.15) is 17.0 Å². The van der Waals surface area contributed by atoms with Crippen LogP contribution in [-0.2, 0) is 10.2 Å². The van der Waals surface area contributed by atoms with Crippen LogP contribution in [0.25, 0.3) is 0 Å². The highest BCUT2D eigenvalue weighted by Crippen LogP contribution is 2.37. The van der Waals surface area contributed by atoms with Gasteiger partial charge in [-0.25, -0.2) is 0 Å². The van der Waals surface area contributed by atoms with Crippen molar-refractivity contribution in [3.05, 3.63) is 0 Å². The number of likely N-dealkylation sites (N-methyl/N-ethyl adjacent to an activating group) is 1. The lowest BCUT2D eigenvalue weighted by Gasteiger charge is -2.42. The average molecular weight is 303 g/mol. The lowest BCUT2D eigenvalue weighted by atomic mass is 9.98. The van der Waals surface area contributed by atoms with Crippen molar-refractivity contribution in [2.24, 2.45) is 11.7 Å². The van der Waals surface area contributed by atoms with Crippen LogP contribution in [-0.4, -0.2) is 48.7 Å². The van der Waals surface area contributed by atoms with Gasteiger partial charge in [-0.3, -0.25) is 0 Å². The molecule has 1 aliphatic heterocycles. The van der Waals surface area contributed by atoms with Crippen molar-refractivity contribution in [3.8, 4) is 0 Å². The van der Waals surface area contributed by atoms with Crippen molar-refractivity contribution in [2.45, 2.75) is 57.9 Å². The molecule has 0 spiro atoms. The predicted octanol–water partition coefficient (Wildman–Crippen LogP) is 1.56. The Morgan fingerprint density at radius 2 is 1.80 bits per heavy atom. The van der Waals surface area contributed by atoms with Crippen molar-refractivity contribution >= 4 is 10.2 Å². The second kappa shape index (κ2) is 6.30. The van der Waals surface area contributed by atoms with Gasteiger partial charge in [0.25, 0.3) is 10.2 Å². The van der Waals surface area contributed by atoms with Crippen LogP contribution in [0, 0.1) is 5.92 Å². The summed E-state index contributed by atoms with van der Waals surface area (Å²) in [5, 5.41) is 0. The molecule has 5 nitrogen and oxygen atoms in total. The van der Waals surface area contributed by atoms with Crippen molar-refractivity contribution in [1.29, 1.82) is 0 Å². The molecule has 0 bridgehead atoms. The number of nitrogens with zero attached hydrogens (tertiary/aromatic N) is 2. The molecule has 20 heavy (non-hydrogen) atoms. The predicted molar refractivity (Wildman–Crippen MR) is 81.5 cm³/mol. The molecule has 118 valence electrons. The third kappa shape index (κ3) is 2.89. The van der Waals surface area contributed by atoms with E-state index in [-0.39, 0.29) is 5.54 Å². The van der Waals surface area contributed by atoms with Gasteiger partial charge in [0.1, 0.15) is 0 Å². The molecule has 1 heterocycles. The molecule has 0 aromatic heterocycles. The maximum absolute atomic E-state index is 13.0.